The third-order valence-electron chi connectivity index (χ3n) is 4.48. The number of anilines is 1. The van der Waals surface area contributed by atoms with Crippen LogP contribution in [0.2, 0.25) is 0 Å². The molecule has 2 unspecified atom stereocenters. The molecule has 0 fully saturated rings. The van der Waals surface area contributed by atoms with Gasteiger partial charge in [-0.3, -0.25) is 0 Å². The minimum atomic E-state index is -0.292. The molecule has 2 atom stereocenters. The molecule has 100 valence electrons. The summed E-state index contributed by atoms with van der Waals surface area (Å²) in [6.45, 7) is 8.83. The van der Waals surface area contributed by atoms with Crippen LogP contribution in [0.1, 0.15) is 45.2 Å². The number of para-hydroxylation sites is 1. The Morgan fingerprint density at radius 2 is 2.06 bits per heavy atom. The van der Waals surface area contributed by atoms with Crippen LogP contribution in [-0.2, 0) is 12.8 Å². The number of benzene rings is 1. The Morgan fingerprint density at radius 3 is 2.67 bits per heavy atom. The molecule has 1 aliphatic rings. The quantitative estimate of drug-likeness (QED) is 0.858. The molecule has 0 amide bonds. The van der Waals surface area contributed by atoms with Gasteiger partial charge in [-0.25, -0.2) is 0 Å². The Balaban J connectivity index is 2.37. The van der Waals surface area contributed by atoms with E-state index >= 15 is 0 Å². The molecular weight excluding hydrogens is 222 g/mol. The van der Waals surface area contributed by atoms with Gasteiger partial charge in [-0.1, -0.05) is 45.9 Å². The summed E-state index contributed by atoms with van der Waals surface area (Å²) >= 11 is 0. The first-order valence-electron chi connectivity index (χ1n) is 7.05. The number of nitrogens with one attached hydrogen (secondary N) is 1. The first kappa shape index (κ1) is 13.4. The Kier molecular flexibility index (Phi) is 3.67. The topological polar surface area (TPSA) is 32.3 Å². The molecule has 18 heavy (non-hydrogen) atoms. The second-order valence-electron chi connectivity index (χ2n) is 6.04. The summed E-state index contributed by atoms with van der Waals surface area (Å²) in [6.07, 6.45) is 2.57. The molecule has 2 nitrogen and oxygen atoms in total. The third kappa shape index (κ3) is 2.26. The summed E-state index contributed by atoms with van der Waals surface area (Å²) in [5.74, 6) is 0. The summed E-state index contributed by atoms with van der Waals surface area (Å²) < 4.78 is 0. The van der Waals surface area contributed by atoms with Gasteiger partial charge in [0.05, 0.1) is 12.1 Å². The standard InChI is InChI=1S/C16H25NO/c1-5-11-8-7-9-12-10-13(18)15(17-14(11)12)16(3,4)6-2/h7-9,13,15,17-18H,5-6,10H2,1-4H3. The molecule has 2 N–H and O–H groups in total. The summed E-state index contributed by atoms with van der Waals surface area (Å²) in [7, 11) is 0. The molecule has 1 aromatic rings. The van der Waals surface area contributed by atoms with E-state index < -0.39 is 0 Å². The van der Waals surface area contributed by atoms with E-state index in [-0.39, 0.29) is 17.6 Å². The van der Waals surface area contributed by atoms with Gasteiger partial charge in [0.2, 0.25) is 0 Å². The highest BCUT2D eigenvalue weighted by Gasteiger charge is 2.37. The van der Waals surface area contributed by atoms with Crippen LogP contribution in [0.25, 0.3) is 0 Å². The van der Waals surface area contributed by atoms with Gasteiger partial charge in [0.1, 0.15) is 0 Å². The maximum absolute atomic E-state index is 10.4. The van der Waals surface area contributed by atoms with Crippen LogP contribution in [-0.4, -0.2) is 17.3 Å². The van der Waals surface area contributed by atoms with E-state index in [2.05, 4.69) is 51.2 Å². The van der Waals surface area contributed by atoms with Crippen molar-refractivity contribution in [1.82, 2.24) is 0 Å². The van der Waals surface area contributed by atoms with Crippen molar-refractivity contribution >= 4 is 5.69 Å². The maximum atomic E-state index is 10.4. The van der Waals surface area contributed by atoms with Crippen molar-refractivity contribution in [2.24, 2.45) is 5.41 Å². The van der Waals surface area contributed by atoms with Crippen molar-refractivity contribution in [3.05, 3.63) is 29.3 Å². The number of hydrogen-bond donors (Lipinski definition) is 2. The molecule has 2 heteroatoms. The fourth-order valence-corrected chi connectivity index (χ4v) is 2.83. The van der Waals surface area contributed by atoms with Crippen molar-refractivity contribution in [2.45, 2.75) is 59.1 Å². The van der Waals surface area contributed by atoms with Gasteiger partial charge in [-0.05, 0) is 29.4 Å². The van der Waals surface area contributed by atoms with E-state index in [1.165, 1.54) is 16.8 Å². The number of hydrogen-bond acceptors (Lipinski definition) is 2. The molecular formula is C16H25NO. The molecule has 0 bridgehead atoms. The van der Waals surface area contributed by atoms with Crippen LogP contribution in [0.3, 0.4) is 0 Å². The lowest BCUT2D eigenvalue weighted by Crippen LogP contribution is -2.49. The fraction of sp³-hybridized carbons (Fsp3) is 0.625. The number of aryl methyl sites for hydroxylation is 1. The van der Waals surface area contributed by atoms with E-state index in [0.29, 0.717) is 0 Å². The average Bonchev–Trinajstić information content (AvgIpc) is 2.36. The lowest BCUT2D eigenvalue weighted by Gasteiger charge is -2.42. The highest BCUT2D eigenvalue weighted by Crippen LogP contribution is 2.37. The fourth-order valence-electron chi connectivity index (χ4n) is 2.83. The zero-order chi connectivity index (χ0) is 13.3. The minimum Gasteiger partial charge on any atom is -0.391 e. The Labute approximate surface area is 110 Å². The number of rotatable bonds is 3. The maximum Gasteiger partial charge on any atom is 0.0787 e. The highest BCUT2D eigenvalue weighted by molar-refractivity contribution is 5.61. The van der Waals surface area contributed by atoms with Gasteiger partial charge in [-0.2, -0.15) is 0 Å². The number of fused-ring (bicyclic) bond motifs is 1. The van der Waals surface area contributed by atoms with Gasteiger partial charge in [0.15, 0.2) is 0 Å². The van der Waals surface area contributed by atoms with E-state index in [1.807, 2.05) is 0 Å². The Hall–Kier alpha value is -1.02. The van der Waals surface area contributed by atoms with Crippen LogP contribution in [0.15, 0.2) is 18.2 Å². The molecule has 1 heterocycles. The lowest BCUT2D eigenvalue weighted by molar-refractivity contribution is 0.0887. The summed E-state index contributed by atoms with van der Waals surface area (Å²) in [5.41, 5.74) is 3.98. The number of aliphatic hydroxyl groups excluding tert-OH is 1. The van der Waals surface area contributed by atoms with Crippen molar-refractivity contribution < 1.29 is 5.11 Å². The van der Waals surface area contributed by atoms with Crippen molar-refractivity contribution in [1.29, 1.82) is 0 Å². The predicted octanol–water partition coefficient (Wildman–Crippen LogP) is 3.38. The lowest BCUT2D eigenvalue weighted by atomic mass is 9.75. The SMILES string of the molecule is CCc1cccc2c1NC(C(C)(C)CC)C(O)C2. The van der Waals surface area contributed by atoms with E-state index in [4.69, 9.17) is 0 Å². The van der Waals surface area contributed by atoms with E-state index in [9.17, 15) is 5.11 Å². The van der Waals surface area contributed by atoms with Gasteiger partial charge in [0, 0.05) is 12.1 Å². The number of aliphatic hydroxyl groups is 1. The highest BCUT2D eigenvalue weighted by atomic mass is 16.3. The van der Waals surface area contributed by atoms with Gasteiger partial charge >= 0.3 is 0 Å². The first-order chi connectivity index (χ1) is 8.49. The second-order valence-corrected chi connectivity index (χ2v) is 6.04. The van der Waals surface area contributed by atoms with Crippen molar-refractivity contribution in [3.63, 3.8) is 0 Å². The van der Waals surface area contributed by atoms with Crippen molar-refractivity contribution in [2.75, 3.05) is 5.32 Å². The van der Waals surface area contributed by atoms with Gasteiger partial charge in [0.25, 0.3) is 0 Å². The summed E-state index contributed by atoms with van der Waals surface area (Å²) in [6, 6.07) is 6.54. The van der Waals surface area contributed by atoms with Gasteiger partial charge in [-0.15, -0.1) is 0 Å². The van der Waals surface area contributed by atoms with Gasteiger partial charge < -0.3 is 10.4 Å². The smallest absolute Gasteiger partial charge is 0.0787 e. The molecule has 0 spiro atoms. The van der Waals surface area contributed by atoms with Crippen LogP contribution >= 0.6 is 0 Å². The molecule has 1 aromatic carbocycles. The molecule has 0 saturated carbocycles. The Morgan fingerprint density at radius 1 is 1.33 bits per heavy atom. The monoisotopic (exact) mass is 247 g/mol. The normalized spacial score (nSPS) is 23.4. The second kappa shape index (κ2) is 4.93. The zero-order valence-electron chi connectivity index (χ0n) is 12.0. The van der Waals surface area contributed by atoms with Crippen LogP contribution in [0.5, 0.6) is 0 Å². The first-order valence-corrected chi connectivity index (χ1v) is 7.05. The molecule has 0 aromatic heterocycles. The Bertz CT molecular complexity index is 425. The molecule has 0 radical (unpaired) electrons. The summed E-state index contributed by atoms with van der Waals surface area (Å²) in [4.78, 5) is 0. The molecule has 2 rings (SSSR count). The largest absolute Gasteiger partial charge is 0.391 e. The van der Waals surface area contributed by atoms with Crippen LogP contribution in [0.4, 0.5) is 5.69 Å². The van der Waals surface area contributed by atoms with E-state index in [1.54, 1.807) is 0 Å². The predicted molar refractivity (Wildman–Crippen MR) is 77.0 cm³/mol. The zero-order valence-corrected chi connectivity index (χ0v) is 12.0. The summed E-state index contributed by atoms with van der Waals surface area (Å²) in [5, 5.41) is 14.0. The van der Waals surface area contributed by atoms with Crippen LogP contribution < -0.4 is 5.32 Å². The average molecular weight is 247 g/mol. The van der Waals surface area contributed by atoms with Crippen molar-refractivity contribution in [3.8, 4) is 0 Å². The molecule has 0 aliphatic carbocycles. The molecule has 0 saturated heterocycles. The van der Waals surface area contributed by atoms with Crippen LogP contribution in [0, 0.1) is 5.41 Å². The minimum absolute atomic E-state index is 0.109. The third-order valence-corrected chi connectivity index (χ3v) is 4.48. The van der Waals surface area contributed by atoms with E-state index in [0.717, 1.165) is 19.3 Å². The molecule has 1 aliphatic heterocycles.